The summed E-state index contributed by atoms with van der Waals surface area (Å²) in [5, 5.41) is 6.78. The minimum atomic E-state index is -0.141. The van der Waals surface area contributed by atoms with E-state index >= 15 is 0 Å². The molecule has 2 aromatic heterocycles. The van der Waals surface area contributed by atoms with Crippen LogP contribution in [0.2, 0.25) is 10.0 Å². The molecule has 4 rings (SSSR count). The number of fused-ring (bicyclic) bond motifs is 1. The summed E-state index contributed by atoms with van der Waals surface area (Å²) < 4.78 is 1.37. The molecule has 130 valence electrons. The standard InChI is InChI=1S/C17H16Cl2N4OS/c18-13-1-2-14(19)12(10-13)9-11-4-7-22(8-5-11)17-21-23-15(24)3-6-20-16(23)25-17/h1-3,6,10-11H,4-5,7-9H2. The number of benzene rings is 1. The molecule has 8 heteroatoms. The maximum absolute atomic E-state index is 11.8. The van der Waals surface area contributed by atoms with Crippen LogP contribution in [0.15, 0.2) is 35.3 Å². The van der Waals surface area contributed by atoms with E-state index in [0.717, 1.165) is 53.1 Å². The summed E-state index contributed by atoms with van der Waals surface area (Å²) in [5.74, 6) is 0.572. The molecule has 0 saturated carbocycles. The van der Waals surface area contributed by atoms with Crippen molar-refractivity contribution in [1.29, 1.82) is 0 Å². The highest BCUT2D eigenvalue weighted by Gasteiger charge is 2.23. The first kappa shape index (κ1) is 16.8. The quantitative estimate of drug-likeness (QED) is 0.675. The maximum Gasteiger partial charge on any atom is 0.275 e. The van der Waals surface area contributed by atoms with E-state index in [1.807, 2.05) is 18.2 Å². The van der Waals surface area contributed by atoms with Gasteiger partial charge in [0.15, 0.2) is 0 Å². The highest BCUT2D eigenvalue weighted by molar-refractivity contribution is 7.20. The Morgan fingerprint density at radius 2 is 2.00 bits per heavy atom. The Labute approximate surface area is 158 Å². The first-order chi connectivity index (χ1) is 12.1. The molecule has 0 unspecified atom stereocenters. The summed E-state index contributed by atoms with van der Waals surface area (Å²) in [7, 11) is 0. The summed E-state index contributed by atoms with van der Waals surface area (Å²) in [6.45, 7) is 1.83. The Kier molecular flexibility index (Phi) is 4.67. The van der Waals surface area contributed by atoms with Crippen LogP contribution in [0.1, 0.15) is 18.4 Å². The van der Waals surface area contributed by atoms with Crippen molar-refractivity contribution in [1.82, 2.24) is 14.6 Å². The van der Waals surface area contributed by atoms with Gasteiger partial charge < -0.3 is 4.90 Å². The molecular formula is C17H16Cl2N4OS. The van der Waals surface area contributed by atoms with Crippen LogP contribution < -0.4 is 10.5 Å². The van der Waals surface area contributed by atoms with Crippen LogP contribution in [0.3, 0.4) is 0 Å². The number of hydrogen-bond acceptors (Lipinski definition) is 5. The number of aromatic nitrogens is 3. The van der Waals surface area contributed by atoms with Crippen molar-refractivity contribution in [3.63, 3.8) is 0 Å². The van der Waals surface area contributed by atoms with Gasteiger partial charge in [-0.3, -0.25) is 4.79 Å². The average molecular weight is 395 g/mol. The van der Waals surface area contributed by atoms with Crippen LogP contribution in [0.4, 0.5) is 5.13 Å². The molecule has 0 amide bonds. The maximum atomic E-state index is 11.8. The van der Waals surface area contributed by atoms with E-state index in [9.17, 15) is 4.79 Å². The van der Waals surface area contributed by atoms with Gasteiger partial charge in [0, 0.05) is 35.4 Å². The molecule has 3 heterocycles. The molecule has 0 aliphatic carbocycles. The number of halogens is 2. The Hall–Kier alpha value is -1.63. The third-order valence-corrected chi connectivity index (χ3v) is 6.15. The number of anilines is 1. The molecular weight excluding hydrogens is 379 g/mol. The highest BCUT2D eigenvalue weighted by Crippen LogP contribution is 2.30. The molecule has 3 aromatic rings. The van der Waals surface area contributed by atoms with Crippen molar-refractivity contribution in [2.24, 2.45) is 5.92 Å². The van der Waals surface area contributed by atoms with Gasteiger partial charge in [0.05, 0.1) is 0 Å². The van der Waals surface area contributed by atoms with Crippen molar-refractivity contribution >= 4 is 44.6 Å². The summed E-state index contributed by atoms with van der Waals surface area (Å²) in [5.41, 5.74) is 0.973. The lowest BCUT2D eigenvalue weighted by atomic mass is 9.90. The van der Waals surface area contributed by atoms with Crippen LogP contribution in [0.5, 0.6) is 0 Å². The van der Waals surface area contributed by atoms with E-state index in [1.165, 1.54) is 28.1 Å². The minimum Gasteiger partial charge on any atom is -0.347 e. The minimum absolute atomic E-state index is 0.141. The molecule has 5 nitrogen and oxygen atoms in total. The molecule has 1 aliphatic rings. The van der Waals surface area contributed by atoms with Crippen LogP contribution in [0, 0.1) is 5.92 Å². The van der Waals surface area contributed by atoms with Crippen LogP contribution in [-0.4, -0.2) is 27.7 Å². The van der Waals surface area contributed by atoms with Crippen molar-refractivity contribution in [3.05, 3.63) is 56.4 Å². The molecule has 0 bridgehead atoms. The van der Waals surface area contributed by atoms with E-state index in [4.69, 9.17) is 23.2 Å². The van der Waals surface area contributed by atoms with E-state index in [0.29, 0.717) is 10.9 Å². The van der Waals surface area contributed by atoms with E-state index in [-0.39, 0.29) is 5.56 Å². The predicted octanol–water partition coefficient (Wildman–Crippen LogP) is 3.92. The normalized spacial score (nSPS) is 15.8. The van der Waals surface area contributed by atoms with Crippen LogP contribution >= 0.6 is 34.5 Å². The number of nitrogens with zero attached hydrogens (tertiary/aromatic N) is 4. The van der Waals surface area contributed by atoms with Crippen LogP contribution in [-0.2, 0) is 6.42 Å². The van der Waals surface area contributed by atoms with E-state index in [2.05, 4.69) is 15.0 Å². The van der Waals surface area contributed by atoms with Crippen molar-refractivity contribution < 1.29 is 0 Å². The highest BCUT2D eigenvalue weighted by atomic mass is 35.5. The average Bonchev–Trinajstić information content (AvgIpc) is 3.04. The fourth-order valence-corrected chi connectivity index (χ4v) is 4.52. The first-order valence-corrected chi connectivity index (χ1v) is 9.71. The Bertz CT molecular complexity index is 963. The lowest BCUT2D eigenvalue weighted by Gasteiger charge is -2.31. The van der Waals surface area contributed by atoms with Gasteiger partial charge in [-0.1, -0.05) is 34.5 Å². The zero-order chi connectivity index (χ0) is 17.4. The Morgan fingerprint density at radius 1 is 1.20 bits per heavy atom. The van der Waals surface area contributed by atoms with Gasteiger partial charge in [-0.05, 0) is 48.9 Å². The third-order valence-electron chi connectivity index (χ3n) is 4.56. The summed E-state index contributed by atoms with van der Waals surface area (Å²) in [4.78, 5) is 18.9. The van der Waals surface area contributed by atoms with Gasteiger partial charge in [-0.2, -0.15) is 4.52 Å². The second kappa shape index (κ2) is 6.94. The SMILES string of the molecule is O=c1ccnc2sc(N3CCC(Cc4cc(Cl)ccc4Cl)CC3)nn12. The predicted molar refractivity (Wildman–Crippen MR) is 102 cm³/mol. The molecule has 1 fully saturated rings. The van der Waals surface area contributed by atoms with Gasteiger partial charge in [0.1, 0.15) is 0 Å². The smallest absolute Gasteiger partial charge is 0.275 e. The second-order valence-electron chi connectivity index (χ2n) is 6.23. The molecule has 0 N–H and O–H groups in total. The zero-order valence-corrected chi connectivity index (χ0v) is 15.7. The fraction of sp³-hybridized carbons (Fsp3) is 0.353. The summed E-state index contributed by atoms with van der Waals surface area (Å²) in [6, 6.07) is 7.07. The Morgan fingerprint density at radius 3 is 2.76 bits per heavy atom. The molecule has 0 atom stereocenters. The molecule has 25 heavy (non-hydrogen) atoms. The molecule has 0 radical (unpaired) electrons. The fourth-order valence-electron chi connectivity index (χ4n) is 3.20. The van der Waals surface area contributed by atoms with Crippen molar-refractivity contribution in [2.75, 3.05) is 18.0 Å². The molecule has 0 spiro atoms. The molecule has 1 saturated heterocycles. The van der Waals surface area contributed by atoms with Gasteiger partial charge in [-0.15, -0.1) is 5.10 Å². The van der Waals surface area contributed by atoms with E-state index < -0.39 is 0 Å². The van der Waals surface area contributed by atoms with Crippen LogP contribution in [0.25, 0.3) is 4.96 Å². The zero-order valence-electron chi connectivity index (χ0n) is 13.4. The first-order valence-electron chi connectivity index (χ1n) is 8.14. The van der Waals surface area contributed by atoms with Gasteiger partial charge in [0.2, 0.25) is 10.1 Å². The van der Waals surface area contributed by atoms with Crippen molar-refractivity contribution in [2.45, 2.75) is 19.3 Å². The van der Waals surface area contributed by atoms with Gasteiger partial charge >= 0.3 is 0 Å². The third kappa shape index (κ3) is 3.52. The Balaban J connectivity index is 1.44. The molecule has 1 aliphatic heterocycles. The second-order valence-corrected chi connectivity index (χ2v) is 8.01. The number of rotatable bonds is 3. The number of piperidine rings is 1. The lowest BCUT2D eigenvalue weighted by molar-refractivity contribution is 0.403. The van der Waals surface area contributed by atoms with Gasteiger partial charge in [0.25, 0.3) is 5.56 Å². The summed E-state index contributed by atoms with van der Waals surface area (Å²) in [6.07, 6.45) is 4.58. The van der Waals surface area contributed by atoms with E-state index in [1.54, 1.807) is 0 Å². The lowest BCUT2D eigenvalue weighted by Crippen LogP contribution is -2.34. The van der Waals surface area contributed by atoms with Gasteiger partial charge in [-0.25, -0.2) is 4.98 Å². The summed E-state index contributed by atoms with van der Waals surface area (Å²) >= 11 is 13.8. The largest absolute Gasteiger partial charge is 0.347 e. The monoisotopic (exact) mass is 394 g/mol. The molecule has 1 aromatic carbocycles. The van der Waals surface area contributed by atoms with Crippen molar-refractivity contribution in [3.8, 4) is 0 Å². The topological polar surface area (TPSA) is 50.5 Å². The number of hydrogen-bond donors (Lipinski definition) is 0.